The summed E-state index contributed by atoms with van der Waals surface area (Å²) in [5.74, 6) is 2.32. The van der Waals surface area contributed by atoms with Gasteiger partial charge in [-0.2, -0.15) is 16.1 Å². The summed E-state index contributed by atoms with van der Waals surface area (Å²) in [6.07, 6.45) is 3.26. The van der Waals surface area contributed by atoms with Crippen LogP contribution in [0.25, 0.3) is 0 Å². The number of nitrogens with zero attached hydrogens (tertiary/aromatic N) is 1. The second-order valence-corrected chi connectivity index (χ2v) is 7.98. The molecule has 8 heteroatoms. The Morgan fingerprint density at radius 1 is 1.41 bits per heavy atom. The minimum Gasteiger partial charge on any atom is -0.382 e. The van der Waals surface area contributed by atoms with E-state index >= 15 is 0 Å². The molecule has 1 fully saturated rings. The Morgan fingerprint density at radius 3 is 2.65 bits per heavy atom. The van der Waals surface area contributed by atoms with Gasteiger partial charge in [0.15, 0.2) is 15.7 Å². The first-order chi connectivity index (χ1) is 7.98. The predicted octanol–water partition coefficient (Wildman–Crippen LogP) is 1.44. The van der Waals surface area contributed by atoms with Crippen LogP contribution in [0.4, 0.5) is 10.8 Å². The number of nitrogens with two attached hydrogens (primary N) is 1. The highest BCUT2D eigenvalue weighted by Gasteiger charge is 2.23. The van der Waals surface area contributed by atoms with Gasteiger partial charge in [0, 0.05) is 12.3 Å². The fourth-order valence-corrected chi connectivity index (χ4v) is 5.01. The van der Waals surface area contributed by atoms with Crippen molar-refractivity contribution >= 4 is 44.0 Å². The first-order valence-electron chi connectivity index (χ1n) is 5.28. The maximum atomic E-state index is 11.6. The largest absolute Gasteiger partial charge is 0.382 e. The van der Waals surface area contributed by atoms with Crippen molar-refractivity contribution in [1.29, 1.82) is 0 Å². The summed E-state index contributed by atoms with van der Waals surface area (Å²) in [5, 5.41) is 3.85. The smallest absolute Gasteiger partial charge is 0.182 e. The summed E-state index contributed by atoms with van der Waals surface area (Å²) in [5.41, 5.74) is 5.61. The monoisotopic (exact) mass is 293 g/mol. The van der Waals surface area contributed by atoms with Crippen LogP contribution in [0.3, 0.4) is 0 Å². The minimum absolute atomic E-state index is 0.102. The van der Waals surface area contributed by atoms with Crippen LogP contribution in [-0.4, -0.2) is 36.6 Å². The molecule has 0 spiro atoms. The molecule has 0 bridgehead atoms. The van der Waals surface area contributed by atoms with Crippen LogP contribution >= 0.6 is 23.3 Å². The summed E-state index contributed by atoms with van der Waals surface area (Å²) < 4.78 is 27.2. The van der Waals surface area contributed by atoms with Crippen molar-refractivity contribution in [3.8, 4) is 0 Å². The second-order valence-electron chi connectivity index (χ2n) is 4.03. The zero-order chi connectivity index (χ0) is 12.5. The van der Waals surface area contributed by atoms with Crippen LogP contribution in [-0.2, 0) is 9.84 Å². The van der Waals surface area contributed by atoms with Crippen molar-refractivity contribution in [3.63, 3.8) is 0 Å². The van der Waals surface area contributed by atoms with Crippen LogP contribution in [0.5, 0.6) is 0 Å². The van der Waals surface area contributed by atoms with Gasteiger partial charge in [-0.25, -0.2) is 8.42 Å². The van der Waals surface area contributed by atoms with Crippen molar-refractivity contribution < 1.29 is 8.42 Å². The van der Waals surface area contributed by atoms with Gasteiger partial charge < -0.3 is 11.1 Å². The molecule has 1 aliphatic heterocycles. The van der Waals surface area contributed by atoms with Crippen molar-refractivity contribution in [1.82, 2.24) is 4.37 Å². The standard InChI is InChI=1S/C9H15N3O2S3/c1-17(13,14)7-8(10)12-16-9(7)11-6-2-4-15-5-3-6/h6,11H,2-5H2,1H3,(H2,10,12). The number of thioether (sulfide) groups is 1. The molecule has 0 aromatic carbocycles. The Labute approximate surface area is 109 Å². The number of hydrogen-bond donors (Lipinski definition) is 2. The lowest BCUT2D eigenvalue weighted by atomic mass is 10.1. The summed E-state index contributed by atoms with van der Waals surface area (Å²) >= 11 is 3.05. The van der Waals surface area contributed by atoms with Crippen molar-refractivity contribution in [2.24, 2.45) is 0 Å². The maximum Gasteiger partial charge on any atom is 0.182 e. The molecule has 0 atom stereocenters. The van der Waals surface area contributed by atoms with Crippen molar-refractivity contribution in [3.05, 3.63) is 0 Å². The molecule has 1 saturated heterocycles. The summed E-state index contributed by atoms with van der Waals surface area (Å²) in [6, 6.07) is 0.330. The Morgan fingerprint density at radius 2 is 2.06 bits per heavy atom. The van der Waals surface area contributed by atoms with Crippen LogP contribution in [0.1, 0.15) is 12.8 Å². The number of nitrogen functional groups attached to an aromatic ring is 1. The second kappa shape index (κ2) is 5.03. The molecule has 96 valence electrons. The first-order valence-corrected chi connectivity index (χ1v) is 9.10. The highest BCUT2D eigenvalue weighted by atomic mass is 32.2. The Bertz CT molecular complexity index is 492. The van der Waals surface area contributed by atoms with Gasteiger partial charge in [-0.05, 0) is 35.9 Å². The van der Waals surface area contributed by atoms with E-state index in [4.69, 9.17) is 5.73 Å². The lowest BCUT2D eigenvalue weighted by molar-refractivity contribution is 0.602. The molecule has 1 aromatic rings. The van der Waals surface area contributed by atoms with Gasteiger partial charge in [0.2, 0.25) is 0 Å². The fourth-order valence-electron chi connectivity index (χ4n) is 1.77. The van der Waals surface area contributed by atoms with E-state index in [1.165, 1.54) is 0 Å². The Hall–Kier alpha value is -0.470. The zero-order valence-corrected chi connectivity index (χ0v) is 11.9. The molecular formula is C9H15N3O2S3. The Kier molecular flexibility index (Phi) is 3.84. The molecule has 0 amide bonds. The minimum atomic E-state index is -3.32. The highest BCUT2D eigenvalue weighted by Crippen LogP contribution is 2.33. The van der Waals surface area contributed by atoms with Crippen LogP contribution in [0.15, 0.2) is 4.90 Å². The van der Waals surface area contributed by atoms with Crippen molar-refractivity contribution in [2.45, 2.75) is 23.8 Å². The molecule has 1 aromatic heterocycles. The summed E-state index contributed by atoms with van der Waals surface area (Å²) in [6.45, 7) is 0. The topological polar surface area (TPSA) is 85.1 Å². The van der Waals surface area contributed by atoms with Gasteiger partial charge in [-0.3, -0.25) is 0 Å². The molecule has 17 heavy (non-hydrogen) atoms. The molecule has 3 N–H and O–H groups in total. The van der Waals surface area contributed by atoms with Gasteiger partial charge in [0.1, 0.15) is 9.90 Å². The van der Waals surface area contributed by atoms with Gasteiger partial charge >= 0.3 is 0 Å². The highest BCUT2D eigenvalue weighted by molar-refractivity contribution is 7.99. The first kappa shape index (κ1) is 13.0. The van der Waals surface area contributed by atoms with Crippen LogP contribution in [0, 0.1) is 0 Å². The molecule has 0 unspecified atom stereocenters. The number of aromatic nitrogens is 1. The summed E-state index contributed by atoms with van der Waals surface area (Å²) in [7, 11) is -3.32. The van der Waals surface area contributed by atoms with E-state index in [-0.39, 0.29) is 10.7 Å². The van der Waals surface area contributed by atoms with E-state index in [1.807, 2.05) is 11.8 Å². The average Bonchev–Trinajstić information content (AvgIpc) is 2.60. The molecular weight excluding hydrogens is 278 g/mol. The van der Waals surface area contributed by atoms with Gasteiger partial charge in [0.25, 0.3) is 0 Å². The van der Waals surface area contributed by atoms with Gasteiger partial charge in [-0.15, -0.1) is 0 Å². The average molecular weight is 293 g/mol. The van der Waals surface area contributed by atoms with E-state index < -0.39 is 9.84 Å². The summed E-state index contributed by atoms with van der Waals surface area (Å²) in [4.78, 5) is 0.153. The molecule has 0 saturated carbocycles. The third kappa shape index (κ3) is 3.05. The lowest BCUT2D eigenvalue weighted by Gasteiger charge is -2.22. The third-order valence-electron chi connectivity index (χ3n) is 2.60. The molecule has 5 nitrogen and oxygen atoms in total. The predicted molar refractivity (Wildman–Crippen MR) is 73.6 cm³/mol. The van der Waals surface area contributed by atoms with E-state index in [1.54, 1.807) is 0 Å². The maximum absolute atomic E-state index is 11.6. The molecule has 2 rings (SSSR count). The number of rotatable bonds is 3. The van der Waals surface area contributed by atoms with Gasteiger partial charge in [-0.1, -0.05) is 0 Å². The lowest BCUT2D eigenvalue weighted by Crippen LogP contribution is -2.24. The number of hydrogen-bond acceptors (Lipinski definition) is 7. The van der Waals surface area contributed by atoms with Crippen molar-refractivity contribution in [2.75, 3.05) is 28.8 Å². The van der Waals surface area contributed by atoms with E-state index in [9.17, 15) is 8.42 Å². The van der Waals surface area contributed by atoms with E-state index in [0.29, 0.717) is 11.0 Å². The SMILES string of the molecule is CS(=O)(=O)c1c(N)nsc1NC1CCSCC1. The number of nitrogens with one attached hydrogen (secondary N) is 1. The number of anilines is 2. The molecule has 0 aliphatic carbocycles. The van der Waals surface area contributed by atoms with Gasteiger partial charge in [0.05, 0.1) is 0 Å². The van der Waals surface area contributed by atoms with E-state index in [2.05, 4.69) is 9.69 Å². The fraction of sp³-hybridized carbons (Fsp3) is 0.667. The van der Waals surface area contributed by atoms with Crippen LogP contribution < -0.4 is 11.1 Å². The zero-order valence-electron chi connectivity index (χ0n) is 9.47. The molecule has 0 radical (unpaired) electrons. The Balaban J connectivity index is 2.21. The normalized spacial score (nSPS) is 18.2. The third-order valence-corrected chi connectivity index (χ3v) is 5.73. The molecule has 2 heterocycles. The molecule has 1 aliphatic rings. The van der Waals surface area contributed by atoms with Crippen LogP contribution in [0.2, 0.25) is 0 Å². The quantitative estimate of drug-likeness (QED) is 0.877. The number of sulfone groups is 1. The van der Waals surface area contributed by atoms with E-state index in [0.717, 1.165) is 42.1 Å².